The quantitative estimate of drug-likeness (QED) is 0.387. The Kier molecular flexibility index (Phi) is 6.85. The van der Waals surface area contributed by atoms with Crippen LogP contribution in [0.15, 0.2) is 63.7 Å². The molecule has 0 atom stereocenters. The Morgan fingerprint density at radius 2 is 1.87 bits per heavy atom. The molecule has 0 aliphatic rings. The van der Waals surface area contributed by atoms with Crippen LogP contribution in [0.2, 0.25) is 5.02 Å². The SMILES string of the molecule is CC(C)c1cc2cc(Cl)cc(Cc3ccc(C(=O)NCc4ccncc4)o3)c2o1.Cl. The van der Waals surface area contributed by atoms with Gasteiger partial charge in [0.15, 0.2) is 5.76 Å². The Labute approximate surface area is 185 Å². The molecule has 0 spiro atoms. The van der Waals surface area contributed by atoms with Gasteiger partial charge in [0.2, 0.25) is 0 Å². The molecule has 0 saturated heterocycles. The molecule has 1 amide bonds. The summed E-state index contributed by atoms with van der Waals surface area (Å²) in [7, 11) is 0. The Morgan fingerprint density at radius 1 is 1.10 bits per heavy atom. The maximum atomic E-state index is 12.4. The van der Waals surface area contributed by atoms with Crippen LogP contribution in [-0.2, 0) is 13.0 Å². The van der Waals surface area contributed by atoms with Gasteiger partial charge in [-0.2, -0.15) is 0 Å². The van der Waals surface area contributed by atoms with E-state index in [0.29, 0.717) is 23.7 Å². The summed E-state index contributed by atoms with van der Waals surface area (Å²) in [5.74, 6) is 1.89. The summed E-state index contributed by atoms with van der Waals surface area (Å²) in [6.07, 6.45) is 3.87. The molecular formula is C23H22Cl2N2O3. The number of amides is 1. The van der Waals surface area contributed by atoms with E-state index in [-0.39, 0.29) is 30.0 Å². The first kappa shape index (κ1) is 21.9. The molecule has 0 bridgehead atoms. The standard InChI is InChI=1S/C23H21ClN2O3.ClH/c1-14(2)21-12-17-10-18(24)9-16(22(17)29-21)11-19-3-4-20(28-19)23(27)26-13-15-5-7-25-8-6-15;/h3-10,12,14H,11,13H2,1-2H3,(H,26,27);1H. The van der Waals surface area contributed by atoms with Gasteiger partial charge in [0.05, 0.1) is 0 Å². The number of nitrogens with zero attached hydrogens (tertiary/aromatic N) is 1. The van der Waals surface area contributed by atoms with Crippen molar-refractivity contribution in [1.29, 1.82) is 0 Å². The Bertz CT molecular complexity index is 1150. The molecule has 0 fully saturated rings. The molecule has 0 radical (unpaired) electrons. The highest BCUT2D eigenvalue weighted by Gasteiger charge is 2.16. The number of carbonyl (C=O) groups excluding carboxylic acids is 1. The van der Waals surface area contributed by atoms with E-state index in [2.05, 4.69) is 24.1 Å². The summed E-state index contributed by atoms with van der Waals surface area (Å²) in [6.45, 7) is 4.58. The molecule has 4 aromatic rings. The average Bonchev–Trinajstić information content (AvgIpc) is 3.34. The molecule has 1 aromatic carbocycles. The predicted octanol–water partition coefficient (Wildman–Crippen LogP) is 6.14. The highest BCUT2D eigenvalue weighted by atomic mass is 35.5. The number of hydrogen-bond donors (Lipinski definition) is 1. The van der Waals surface area contributed by atoms with E-state index in [4.69, 9.17) is 20.4 Å². The molecule has 0 saturated carbocycles. The molecule has 4 rings (SSSR count). The lowest BCUT2D eigenvalue weighted by Crippen LogP contribution is -2.22. The number of rotatable bonds is 6. The molecule has 0 unspecified atom stereocenters. The minimum Gasteiger partial charge on any atom is -0.461 e. The summed E-state index contributed by atoms with van der Waals surface area (Å²) >= 11 is 6.29. The third kappa shape index (κ3) is 4.86. The van der Waals surface area contributed by atoms with Crippen molar-refractivity contribution >= 4 is 40.9 Å². The second-order valence-electron chi connectivity index (χ2n) is 7.27. The second-order valence-corrected chi connectivity index (χ2v) is 7.70. The van der Waals surface area contributed by atoms with Gasteiger partial charge >= 0.3 is 0 Å². The number of pyridine rings is 1. The van der Waals surface area contributed by atoms with Crippen molar-refractivity contribution in [2.75, 3.05) is 0 Å². The Balaban J connectivity index is 0.00000256. The summed E-state index contributed by atoms with van der Waals surface area (Å²) in [4.78, 5) is 16.3. The van der Waals surface area contributed by atoms with Crippen molar-refractivity contribution in [3.05, 3.63) is 88.3 Å². The van der Waals surface area contributed by atoms with Crippen LogP contribution >= 0.6 is 24.0 Å². The van der Waals surface area contributed by atoms with Crippen molar-refractivity contribution in [1.82, 2.24) is 10.3 Å². The van der Waals surface area contributed by atoms with E-state index in [0.717, 1.165) is 27.9 Å². The molecule has 156 valence electrons. The molecule has 30 heavy (non-hydrogen) atoms. The van der Waals surface area contributed by atoms with E-state index in [1.54, 1.807) is 24.5 Å². The molecule has 1 N–H and O–H groups in total. The first-order chi connectivity index (χ1) is 14.0. The molecule has 3 aromatic heterocycles. The van der Waals surface area contributed by atoms with Crippen LogP contribution < -0.4 is 5.32 Å². The lowest BCUT2D eigenvalue weighted by atomic mass is 10.1. The normalized spacial score (nSPS) is 10.9. The number of nitrogens with one attached hydrogen (secondary N) is 1. The molecule has 0 aliphatic carbocycles. The number of benzene rings is 1. The average molecular weight is 445 g/mol. The van der Waals surface area contributed by atoms with E-state index < -0.39 is 0 Å². The van der Waals surface area contributed by atoms with Gasteiger partial charge in [-0.05, 0) is 48.0 Å². The van der Waals surface area contributed by atoms with Crippen LogP contribution in [0.3, 0.4) is 0 Å². The second kappa shape index (κ2) is 9.37. The van der Waals surface area contributed by atoms with Gasteiger partial charge in [-0.25, -0.2) is 0 Å². The van der Waals surface area contributed by atoms with Crippen LogP contribution in [0.4, 0.5) is 0 Å². The first-order valence-electron chi connectivity index (χ1n) is 9.47. The third-order valence-electron chi connectivity index (χ3n) is 4.70. The number of carbonyl (C=O) groups is 1. The monoisotopic (exact) mass is 444 g/mol. The molecule has 0 aliphatic heterocycles. The van der Waals surface area contributed by atoms with Crippen LogP contribution in [0, 0.1) is 0 Å². The van der Waals surface area contributed by atoms with E-state index in [9.17, 15) is 4.79 Å². The predicted molar refractivity (Wildman–Crippen MR) is 119 cm³/mol. The number of fused-ring (bicyclic) bond motifs is 1. The van der Waals surface area contributed by atoms with Gasteiger partial charge in [-0.15, -0.1) is 12.4 Å². The molecular weight excluding hydrogens is 423 g/mol. The Hall–Kier alpha value is -2.76. The molecule has 5 nitrogen and oxygen atoms in total. The smallest absolute Gasteiger partial charge is 0.287 e. The topological polar surface area (TPSA) is 68.3 Å². The van der Waals surface area contributed by atoms with Gasteiger partial charge < -0.3 is 14.2 Å². The lowest BCUT2D eigenvalue weighted by Gasteiger charge is -2.04. The van der Waals surface area contributed by atoms with Gasteiger partial charge in [0.25, 0.3) is 5.91 Å². The van der Waals surface area contributed by atoms with E-state index in [1.807, 2.05) is 30.3 Å². The van der Waals surface area contributed by atoms with Crippen LogP contribution in [0.5, 0.6) is 0 Å². The van der Waals surface area contributed by atoms with Gasteiger partial charge in [-0.1, -0.05) is 25.4 Å². The summed E-state index contributed by atoms with van der Waals surface area (Å²) in [5.41, 5.74) is 2.70. The largest absolute Gasteiger partial charge is 0.461 e. The number of hydrogen-bond acceptors (Lipinski definition) is 4. The first-order valence-corrected chi connectivity index (χ1v) is 9.85. The zero-order valence-corrected chi connectivity index (χ0v) is 18.2. The molecule has 7 heteroatoms. The fourth-order valence-corrected chi connectivity index (χ4v) is 3.42. The third-order valence-corrected chi connectivity index (χ3v) is 4.92. The number of aromatic nitrogens is 1. The van der Waals surface area contributed by atoms with Crippen LogP contribution in [-0.4, -0.2) is 10.9 Å². The van der Waals surface area contributed by atoms with Gasteiger partial charge in [0, 0.05) is 47.2 Å². The maximum Gasteiger partial charge on any atom is 0.287 e. The zero-order valence-electron chi connectivity index (χ0n) is 16.6. The highest BCUT2D eigenvalue weighted by Crippen LogP contribution is 2.31. The Morgan fingerprint density at radius 3 is 2.60 bits per heavy atom. The summed E-state index contributed by atoms with van der Waals surface area (Å²) < 4.78 is 11.8. The molecule has 3 heterocycles. The number of furan rings is 2. The van der Waals surface area contributed by atoms with Crippen molar-refractivity contribution in [3.8, 4) is 0 Å². The highest BCUT2D eigenvalue weighted by molar-refractivity contribution is 6.31. The van der Waals surface area contributed by atoms with Crippen molar-refractivity contribution in [2.45, 2.75) is 32.7 Å². The maximum absolute atomic E-state index is 12.4. The minimum absolute atomic E-state index is 0. The zero-order chi connectivity index (χ0) is 20.4. The summed E-state index contributed by atoms with van der Waals surface area (Å²) in [5, 5.41) is 4.46. The van der Waals surface area contributed by atoms with E-state index in [1.165, 1.54) is 0 Å². The van der Waals surface area contributed by atoms with Crippen molar-refractivity contribution in [2.24, 2.45) is 0 Å². The van der Waals surface area contributed by atoms with Gasteiger partial charge in [-0.3, -0.25) is 9.78 Å². The van der Waals surface area contributed by atoms with Crippen LogP contribution in [0.25, 0.3) is 11.0 Å². The lowest BCUT2D eigenvalue weighted by molar-refractivity contribution is 0.0921. The van der Waals surface area contributed by atoms with Crippen molar-refractivity contribution < 1.29 is 13.6 Å². The van der Waals surface area contributed by atoms with E-state index >= 15 is 0 Å². The van der Waals surface area contributed by atoms with Crippen LogP contribution in [0.1, 0.15) is 53.0 Å². The van der Waals surface area contributed by atoms with Gasteiger partial charge in [0.1, 0.15) is 17.1 Å². The number of halogens is 2. The fraction of sp³-hybridized carbons (Fsp3) is 0.217. The van der Waals surface area contributed by atoms with Crippen molar-refractivity contribution in [3.63, 3.8) is 0 Å². The minimum atomic E-state index is -0.260. The fourth-order valence-electron chi connectivity index (χ4n) is 3.17. The summed E-state index contributed by atoms with van der Waals surface area (Å²) in [6, 6.07) is 13.0.